The molecule has 4 heteroatoms. The van der Waals surface area contributed by atoms with Gasteiger partial charge in [-0.3, -0.25) is 0 Å². The maximum atomic E-state index is 5.74. The first-order valence-electron chi connectivity index (χ1n) is 7.52. The van der Waals surface area contributed by atoms with Gasteiger partial charge >= 0.3 is 0 Å². The first kappa shape index (κ1) is 13.5. The molecule has 0 amide bonds. The van der Waals surface area contributed by atoms with Gasteiger partial charge in [-0.05, 0) is 34.5 Å². The van der Waals surface area contributed by atoms with Crippen LogP contribution in [0, 0.1) is 0 Å². The van der Waals surface area contributed by atoms with E-state index in [0.717, 1.165) is 22.5 Å². The number of hydrogen-bond acceptors (Lipinski definition) is 3. The van der Waals surface area contributed by atoms with Crippen LogP contribution in [0.3, 0.4) is 0 Å². The molecular formula is C19H16N4. The van der Waals surface area contributed by atoms with Crippen LogP contribution in [0.2, 0.25) is 0 Å². The van der Waals surface area contributed by atoms with Crippen LogP contribution in [0.4, 0.5) is 5.69 Å². The Hall–Kier alpha value is -3.14. The molecule has 0 bridgehead atoms. The van der Waals surface area contributed by atoms with Crippen molar-refractivity contribution in [3.05, 3.63) is 78.5 Å². The predicted octanol–water partition coefficient (Wildman–Crippen LogP) is 3.73. The summed E-state index contributed by atoms with van der Waals surface area (Å²) < 4.78 is 1.91. The Bertz CT molecular complexity index is 954. The van der Waals surface area contributed by atoms with Crippen LogP contribution in [-0.2, 0) is 6.54 Å². The van der Waals surface area contributed by atoms with Gasteiger partial charge in [-0.1, -0.05) is 53.7 Å². The van der Waals surface area contributed by atoms with Crippen LogP contribution in [0.25, 0.3) is 22.0 Å². The zero-order valence-electron chi connectivity index (χ0n) is 12.6. The number of nitrogens with two attached hydrogens (primary N) is 1. The Balaban J connectivity index is 1.71. The molecule has 2 N–H and O–H groups in total. The lowest BCUT2D eigenvalue weighted by Gasteiger charge is -2.08. The minimum Gasteiger partial charge on any atom is -0.399 e. The second kappa shape index (κ2) is 5.57. The van der Waals surface area contributed by atoms with Crippen molar-refractivity contribution in [1.82, 2.24) is 15.0 Å². The van der Waals surface area contributed by atoms with Gasteiger partial charge < -0.3 is 5.73 Å². The molecular weight excluding hydrogens is 284 g/mol. The molecule has 0 unspecified atom stereocenters. The van der Waals surface area contributed by atoms with E-state index >= 15 is 0 Å². The fourth-order valence-electron chi connectivity index (χ4n) is 2.74. The molecule has 4 aromatic rings. The summed E-state index contributed by atoms with van der Waals surface area (Å²) in [5, 5.41) is 10.7. The summed E-state index contributed by atoms with van der Waals surface area (Å²) in [7, 11) is 0. The summed E-state index contributed by atoms with van der Waals surface area (Å²) in [6.45, 7) is 0.669. The zero-order valence-corrected chi connectivity index (χ0v) is 12.6. The summed E-state index contributed by atoms with van der Waals surface area (Å²) in [5.74, 6) is 0. The zero-order chi connectivity index (χ0) is 15.6. The van der Waals surface area contributed by atoms with E-state index in [2.05, 4.69) is 52.8 Å². The van der Waals surface area contributed by atoms with Crippen LogP contribution < -0.4 is 5.73 Å². The largest absolute Gasteiger partial charge is 0.399 e. The van der Waals surface area contributed by atoms with Gasteiger partial charge in [-0.15, -0.1) is 5.10 Å². The second-order valence-electron chi connectivity index (χ2n) is 5.58. The van der Waals surface area contributed by atoms with Gasteiger partial charge in [-0.25, -0.2) is 4.68 Å². The highest BCUT2D eigenvalue weighted by Gasteiger charge is 2.08. The van der Waals surface area contributed by atoms with Crippen LogP contribution in [-0.4, -0.2) is 15.0 Å². The van der Waals surface area contributed by atoms with Crippen LogP contribution in [0.15, 0.2) is 72.9 Å². The number of nitrogen functional groups attached to an aromatic ring is 1. The van der Waals surface area contributed by atoms with E-state index in [9.17, 15) is 0 Å². The number of hydrogen-bond donors (Lipinski definition) is 1. The molecule has 4 nitrogen and oxygen atoms in total. The average Bonchev–Trinajstić information content (AvgIpc) is 3.05. The highest BCUT2D eigenvalue weighted by molar-refractivity contribution is 5.86. The van der Waals surface area contributed by atoms with Gasteiger partial charge in [0, 0.05) is 11.3 Å². The number of fused-ring (bicyclic) bond motifs is 1. The van der Waals surface area contributed by atoms with E-state index < -0.39 is 0 Å². The van der Waals surface area contributed by atoms with Gasteiger partial charge in [0.15, 0.2) is 0 Å². The maximum Gasteiger partial charge on any atom is 0.0889 e. The molecule has 0 atom stereocenters. The van der Waals surface area contributed by atoms with Crippen LogP contribution >= 0.6 is 0 Å². The van der Waals surface area contributed by atoms with E-state index in [0.29, 0.717) is 6.54 Å². The molecule has 0 spiro atoms. The van der Waals surface area contributed by atoms with E-state index in [4.69, 9.17) is 5.73 Å². The molecule has 0 aliphatic carbocycles. The number of anilines is 1. The quantitative estimate of drug-likeness (QED) is 0.587. The molecule has 1 heterocycles. The summed E-state index contributed by atoms with van der Waals surface area (Å²) in [4.78, 5) is 0. The summed E-state index contributed by atoms with van der Waals surface area (Å²) in [5.41, 5.74) is 9.77. The van der Waals surface area contributed by atoms with Gasteiger partial charge in [0.1, 0.15) is 0 Å². The molecule has 0 aliphatic heterocycles. The molecule has 23 heavy (non-hydrogen) atoms. The molecule has 1 aromatic heterocycles. The lowest BCUT2D eigenvalue weighted by Crippen LogP contribution is -2.04. The summed E-state index contributed by atoms with van der Waals surface area (Å²) in [6, 6.07) is 22.6. The Morgan fingerprint density at radius 1 is 0.870 bits per heavy atom. The number of rotatable bonds is 3. The minimum atomic E-state index is 0.669. The Labute approximate surface area is 134 Å². The van der Waals surface area contributed by atoms with Crippen LogP contribution in [0.1, 0.15) is 5.56 Å². The predicted molar refractivity (Wildman–Crippen MR) is 92.9 cm³/mol. The van der Waals surface area contributed by atoms with Gasteiger partial charge in [0.2, 0.25) is 0 Å². The minimum absolute atomic E-state index is 0.669. The topological polar surface area (TPSA) is 56.7 Å². The van der Waals surface area contributed by atoms with E-state index in [1.165, 1.54) is 10.8 Å². The molecule has 4 rings (SSSR count). The average molecular weight is 300 g/mol. The molecule has 0 saturated carbocycles. The van der Waals surface area contributed by atoms with Gasteiger partial charge in [-0.2, -0.15) is 0 Å². The lowest BCUT2D eigenvalue weighted by atomic mass is 10.1. The third kappa shape index (κ3) is 2.66. The van der Waals surface area contributed by atoms with E-state index in [-0.39, 0.29) is 0 Å². The highest BCUT2D eigenvalue weighted by Crippen LogP contribution is 2.24. The molecule has 3 aromatic carbocycles. The van der Waals surface area contributed by atoms with Crippen molar-refractivity contribution in [3.63, 3.8) is 0 Å². The van der Waals surface area contributed by atoms with E-state index in [1.54, 1.807) is 6.20 Å². The Kier molecular flexibility index (Phi) is 3.27. The maximum absolute atomic E-state index is 5.74. The molecule has 0 radical (unpaired) electrons. The third-order valence-corrected chi connectivity index (χ3v) is 3.97. The molecule has 0 saturated heterocycles. The Morgan fingerprint density at radius 3 is 2.48 bits per heavy atom. The smallest absolute Gasteiger partial charge is 0.0889 e. The lowest BCUT2D eigenvalue weighted by molar-refractivity contribution is 0.656. The third-order valence-electron chi connectivity index (χ3n) is 3.97. The molecule has 0 fully saturated rings. The van der Waals surface area contributed by atoms with Crippen LogP contribution in [0.5, 0.6) is 0 Å². The fourth-order valence-corrected chi connectivity index (χ4v) is 2.74. The molecule has 112 valence electrons. The first-order valence-corrected chi connectivity index (χ1v) is 7.52. The number of benzene rings is 3. The van der Waals surface area contributed by atoms with Gasteiger partial charge in [0.05, 0.1) is 18.4 Å². The van der Waals surface area contributed by atoms with E-state index in [1.807, 2.05) is 28.9 Å². The highest BCUT2D eigenvalue weighted by atomic mass is 15.4. The standard InChI is InChI=1S/C19H16N4/c20-18-9-5-14(6-10-18)13-23-19(12-21-22-23)17-8-7-15-3-1-2-4-16(15)11-17/h1-12H,13,20H2. The van der Waals surface area contributed by atoms with Crippen molar-refractivity contribution in [1.29, 1.82) is 0 Å². The monoisotopic (exact) mass is 300 g/mol. The normalized spacial score (nSPS) is 11.0. The number of nitrogens with zero attached hydrogens (tertiary/aromatic N) is 3. The molecule has 0 aliphatic rings. The van der Waals surface area contributed by atoms with Crippen molar-refractivity contribution >= 4 is 16.5 Å². The number of aromatic nitrogens is 3. The van der Waals surface area contributed by atoms with Crippen molar-refractivity contribution in [2.45, 2.75) is 6.54 Å². The van der Waals surface area contributed by atoms with Crippen molar-refractivity contribution in [3.8, 4) is 11.3 Å². The summed E-state index contributed by atoms with van der Waals surface area (Å²) in [6.07, 6.45) is 1.81. The second-order valence-corrected chi connectivity index (χ2v) is 5.58. The summed E-state index contributed by atoms with van der Waals surface area (Å²) >= 11 is 0. The van der Waals surface area contributed by atoms with Gasteiger partial charge in [0.25, 0.3) is 0 Å². The first-order chi connectivity index (χ1) is 11.3. The SMILES string of the molecule is Nc1ccc(Cn2nncc2-c2ccc3ccccc3c2)cc1. The van der Waals surface area contributed by atoms with Crippen molar-refractivity contribution < 1.29 is 0 Å². The Morgan fingerprint density at radius 2 is 1.65 bits per heavy atom. The fraction of sp³-hybridized carbons (Fsp3) is 0.0526. The van der Waals surface area contributed by atoms with Crippen molar-refractivity contribution in [2.75, 3.05) is 5.73 Å². The van der Waals surface area contributed by atoms with Crippen molar-refractivity contribution in [2.24, 2.45) is 0 Å².